The minimum absolute atomic E-state index is 0.181. The quantitative estimate of drug-likeness (QED) is 0.799. The van der Waals surface area contributed by atoms with Gasteiger partial charge >= 0.3 is 0 Å². The van der Waals surface area contributed by atoms with E-state index < -0.39 is 0 Å². The number of aromatic nitrogens is 4. The van der Waals surface area contributed by atoms with Crippen molar-refractivity contribution in [2.24, 2.45) is 7.05 Å². The van der Waals surface area contributed by atoms with Gasteiger partial charge < -0.3 is 4.90 Å². The Morgan fingerprint density at radius 1 is 1.42 bits per heavy atom. The van der Waals surface area contributed by atoms with Gasteiger partial charge in [0.05, 0.1) is 6.20 Å². The van der Waals surface area contributed by atoms with Gasteiger partial charge in [-0.25, -0.2) is 4.39 Å². The van der Waals surface area contributed by atoms with E-state index >= 15 is 0 Å². The maximum Gasteiger partial charge on any atom is 0.263 e. The summed E-state index contributed by atoms with van der Waals surface area (Å²) >= 11 is 0. The number of rotatable bonds is 3. The summed E-state index contributed by atoms with van der Waals surface area (Å²) < 4.78 is 15.0. The molecule has 0 radical (unpaired) electrons. The predicted molar refractivity (Wildman–Crippen MR) is 89.6 cm³/mol. The summed E-state index contributed by atoms with van der Waals surface area (Å²) in [5.74, 6) is 0.342. The van der Waals surface area contributed by atoms with E-state index in [9.17, 15) is 9.18 Å². The van der Waals surface area contributed by atoms with Gasteiger partial charge in [0.2, 0.25) is 5.95 Å². The highest BCUT2D eigenvalue weighted by atomic mass is 19.1. The molecule has 1 aliphatic rings. The van der Waals surface area contributed by atoms with E-state index in [2.05, 4.69) is 20.0 Å². The molecule has 0 spiro atoms. The molecular weight excluding hydrogens is 309 g/mol. The van der Waals surface area contributed by atoms with E-state index in [0.717, 1.165) is 31.4 Å². The number of benzene rings is 1. The Kier molecular flexibility index (Phi) is 3.55. The van der Waals surface area contributed by atoms with E-state index in [0.29, 0.717) is 17.0 Å². The van der Waals surface area contributed by atoms with Crippen molar-refractivity contribution in [3.05, 3.63) is 52.2 Å². The van der Waals surface area contributed by atoms with E-state index in [1.165, 1.54) is 12.3 Å². The van der Waals surface area contributed by atoms with Crippen molar-refractivity contribution in [2.45, 2.75) is 25.3 Å². The third kappa shape index (κ3) is 2.55. The first-order chi connectivity index (χ1) is 11.6. The van der Waals surface area contributed by atoms with E-state index in [1.807, 2.05) is 6.07 Å². The van der Waals surface area contributed by atoms with E-state index in [4.69, 9.17) is 0 Å². The van der Waals surface area contributed by atoms with E-state index in [1.54, 1.807) is 23.9 Å². The van der Waals surface area contributed by atoms with E-state index in [-0.39, 0.29) is 17.4 Å². The third-order valence-electron chi connectivity index (χ3n) is 4.60. The highest BCUT2D eigenvalue weighted by Gasteiger charge is 2.27. The molecule has 0 bridgehead atoms. The molecule has 124 valence electrons. The number of halogens is 1. The van der Waals surface area contributed by atoms with Crippen LogP contribution >= 0.6 is 0 Å². The molecular formula is C17H18FN5O. The minimum atomic E-state index is -0.222. The van der Waals surface area contributed by atoms with Crippen molar-refractivity contribution in [1.82, 2.24) is 19.7 Å². The maximum absolute atomic E-state index is 13.4. The average Bonchev–Trinajstić information content (AvgIpc) is 3.15. The monoisotopic (exact) mass is 327 g/mol. The summed E-state index contributed by atoms with van der Waals surface area (Å²) in [6.45, 7) is 0.826. The largest absolute Gasteiger partial charge is 0.339 e. The molecule has 1 atom stereocenters. The summed E-state index contributed by atoms with van der Waals surface area (Å²) in [7, 11) is 1.77. The number of anilines is 1. The fourth-order valence-electron chi connectivity index (χ4n) is 3.42. The lowest BCUT2D eigenvalue weighted by Gasteiger charge is -2.25. The van der Waals surface area contributed by atoms with Gasteiger partial charge in [-0.05, 0) is 37.0 Å². The normalized spacial score (nSPS) is 17.8. The predicted octanol–water partition coefficient (Wildman–Crippen LogP) is 2.01. The van der Waals surface area contributed by atoms with Crippen molar-refractivity contribution < 1.29 is 4.39 Å². The fraction of sp³-hybridized carbons (Fsp3) is 0.353. The van der Waals surface area contributed by atoms with Crippen LogP contribution in [0.5, 0.6) is 0 Å². The molecule has 4 rings (SSSR count). The van der Waals surface area contributed by atoms with Crippen LogP contribution in [0.2, 0.25) is 0 Å². The first kappa shape index (κ1) is 14.9. The van der Waals surface area contributed by atoms with Crippen molar-refractivity contribution >= 4 is 17.0 Å². The summed E-state index contributed by atoms with van der Waals surface area (Å²) in [4.78, 5) is 21.8. The van der Waals surface area contributed by atoms with Gasteiger partial charge in [0.25, 0.3) is 5.56 Å². The zero-order valence-corrected chi connectivity index (χ0v) is 13.4. The number of hydrogen-bond donors (Lipinski definition) is 1. The molecule has 0 aliphatic carbocycles. The van der Waals surface area contributed by atoms with Gasteiger partial charge in [-0.2, -0.15) is 10.1 Å². The molecule has 3 aromatic rings. The molecule has 1 saturated heterocycles. The van der Waals surface area contributed by atoms with Crippen LogP contribution in [0.1, 0.15) is 18.4 Å². The average molecular weight is 327 g/mol. The number of H-pyrrole nitrogens is 1. The molecule has 6 nitrogen and oxygen atoms in total. The fourth-order valence-corrected chi connectivity index (χ4v) is 3.42. The third-order valence-corrected chi connectivity index (χ3v) is 4.60. The van der Waals surface area contributed by atoms with Crippen LogP contribution in [0, 0.1) is 5.82 Å². The van der Waals surface area contributed by atoms with Crippen molar-refractivity contribution in [3.8, 4) is 0 Å². The van der Waals surface area contributed by atoms with Gasteiger partial charge in [0.1, 0.15) is 11.2 Å². The molecule has 1 aromatic carbocycles. The Morgan fingerprint density at radius 2 is 2.29 bits per heavy atom. The van der Waals surface area contributed by atoms with Crippen molar-refractivity contribution in [1.29, 1.82) is 0 Å². The Labute approximate surface area is 137 Å². The second-order valence-corrected chi connectivity index (χ2v) is 6.22. The number of fused-ring (bicyclic) bond motifs is 1. The van der Waals surface area contributed by atoms with Crippen LogP contribution in [0.25, 0.3) is 11.0 Å². The summed E-state index contributed by atoms with van der Waals surface area (Å²) in [5, 5.41) is 4.58. The van der Waals surface area contributed by atoms with Crippen LogP contribution in [0.15, 0.2) is 35.3 Å². The Balaban J connectivity index is 1.67. The van der Waals surface area contributed by atoms with Crippen molar-refractivity contribution in [2.75, 3.05) is 11.4 Å². The second kappa shape index (κ2) is 5.74. The molecule has 1 aliphatic heterocycles. The topological polar surface area (TPSA) is 66.8 Å². The number of aryl methyl sites for hydroxylation is 1. The summed E-state index contributed by atoms with van der Waals surface area (Å²) in [6.07, 6.45) is 4.26. The Bertz CT molecular complexity index is 948. The molecule has 1 N–H and O–H groups in total. The highest BCUT2D eigenvalue weighted by molar-refractivity contribution is 5.74. The van der Waals surface area contributed by atoms with Crippen LogP contribution in [-0.4, -0.2) is 32.3 Å². The SMILES string of the molecule is Cn1ncc2c(=O)[nH]c(N3CCC[C@@H]3Cc3cccc(F)c3)nc21. The summed E-state index contributed by atoms with van der Waals surface area (Å²) in [5.41, 5.74) is 1.35. The van der Waals surface area contributed by atoms with Crippen LogP contribution in [0.4, 0.5) is 10.3 Å². The van der Waals surface area contributed by atoms with Crippen LogP contribution < -0.4 is 10.5 Å². The number of nitrogens with one attached hydrogen (secondary N) is 1. The highest BCUT2D eigenvalue weighted by Crippen LogP contribution is 2.25. The molecule has 0 unspecified atom stereocenters. The zero-order valence-electron chi connectivity index (χ0n) is 13.4. The van der Waals surface area contributed by atoms with Gasteiger partial charge in [0, 0.05) is 19.6 Å². The molecule has 24 heavy (non-hydrogen) atoms. The number of hydrogen-bond acceptors (Lipinski definition) is 4. The molecule has 2 aromatic heterocycles. The molecule has 0 saturated carbocycles. The minimum Gasteiger partial charge on any atom is -0.339 e. The second-order valence-electron chi connectivity index (χ2n) is 6.22. The van der Waals surface area contributed by atoms with Crippen LogP contribution in [0.3, 0.4) is 0 Å². The first-order valence-corrected chi connectivity index (χ1v) is 8.05. The molecule has 0 amide bonds. The maximum atomic E-state index is 13.4. The van der Waals surface area contributed by atoms with Gasteiger partial charge in [0.15, 0.2) is 5.65 Å². The molecule has 1 fully saturated rings. The Hall–Kier alpha value is -2.70. The van der Waals surface area contributed by atoms with Crippen molar-refractivity contribution in [3.63, 3.8) is 0 Å². The number of nitrogens with zero attached hydrogens (tertiary/aromatic N) is 4. The molecule has 3 heterocycles. The molecule has 7 heteroatoms. The smallest absolute Gasteiger partial charge is 0.263 e. The lowest BCUT2D eigenvalue weighted by molar-refractivity contribution is 0.616. The van der Waals surface area contributed by atoms with Gasteiger partial charge in [-0.15, -0.1) is 0 Å². The Morgan fingerprint density at radius 3 is 3.12 bits per heavy atom. The lowest BCUT2D eigenvalue weighted by Crippen LogP contribution is -2.34. The van der Waals surface area contributed by atoms with Gasteiger partial charge in [-0.3, -0.25) is 14.5 Å². The zero-order chi connectivity index (χ0) is 16.7. The number of aromatic amines is 1. The summed E-state index contributed by atoms with van der Waals surface area (Å²) in [6, 6.07) is 6.87. The van der Waals surface area contributed by atoms with Gasteiger partial charge in [-0.1, -0.05) is 12.1 Å². The van der Waals surface area contributed by atoms with Crippen LogP contribution in [-0.2, 0) is 13.5 Å². The standard InChI is InChI=1S/C17H18FN5O/c1-22-15-14(10-19-22)16(24)21-17(20-15)23-7-3-6-13(23)9-11-4-2-5-12(18)8-11/h2,4-5,8,10,13H,3,6-7,9H2,1H3,(H,20,21,24)/t13-/m1/s1. The lowest BCUT2D eigenvalue weighted by atomic mass is 10.0. The first-order valence-electron chi connectivity index (χ1n) is 8.05.